The number of amides is 1. The zero-order valence-electron chi connectivity index (χ0n) is 44.2. The van der Waals surface area contributed by atoms with Gasteiger partial charge in [-0.15, -0.1) is 0 Å². The lowest BCUT2D eigenvalue weighted by molar-refractivity contribution is -0.145. The van der Waals surface area contributed by atoms with Gasteiger partial charge in [-0.05, 0) is 83.6 Å². The van der Waals surface area contributed by atoms with Gasteiger partial charge in [-0.2, -0.15) is 0 Å². The van der Waals surface area contributed by atoms with Crippen LogP contribution >= 0.6 is 0 Å². The van der Waals surface area contributed by atoms with E-state index in [1.807, 2.05) is 0 Å². The first-order valence-corrected chi connectivity index (χ1v) is 29.1. The lowest BCUT2D eigenvalue weighted by atomic mass is 10.1. The number of unbranched alkanes of at least 4 members (excludes halogenated alkanes) is 30. The SMILES string of the molecule is CCCCCCCCCN(CCCCCCCCC)CCN(CCCCCCCCC)CC(=O)N1CCC(CCOC(=O)CN(CCCCCCCCC)CCCCCCCCC)C1. The summed E-state index contributed by atoms with van der Waals surface area (Å²) >= 11 is 0. The molecule has 1 aliphatic heterocycles. The van der Waals surface area contributed by atoms with Crippen LogP contribution in [-0.4, -0.2) is 110 Å². The van der Waals surface area contributed by atoms with Crippen molar-refractivity contribution in [2.24, 2.45) is 5.92 Å². The molecule has 1 aliphatic rings. The Hall–Kier alpha value is -1.18. The first kappa shape index (κ1) is 60.8. The van der Waals surface area contributed by atoms with Gasteiger partial charge < -0.3 is 14.5 Å². The number of hydrogen-bond acceptors (Lipinski definition) is 6. The van der Waals surface area contributed by atoms with Crippen molar-refractivity contribution in [1.29, 1.82) is 0 Å². The van der Waals surface area contributed by atoms with Crippen molar-refractivity contribution >= 4 is 11.9 Å². The second kappa shape index (κ2) is 46.9. The van der Waals surface area contributed by atoms with E-state index in [1.165, 1.54) is 238 Å². The minimum atomic E-state index is -0.0641. The molecule has 0 aromatic carbocycles. The lowest BCUT2D eigenvalue weighted by Crippen LogP contribution is -2.43. The third-order valence-electron chi connectivity index (χ3n) is 14.3. The maximum Gasteiger partial charge on any atom is 0.320 e. The van der Waals surface area contributed by atoms with Gasteiger partial charge in [0.2, 0.25) is 5.91 Å². The summed E-state index contributed by atoms with van der Waals surface area (Å²) in [5, 5.41) is 0. The molecule has 64 heavy (non-hydrogen) atoms. The number of esters is 1. The lowest BCUT2D eigenvalue weighted by Gasteiger charge is -2.29. The molecule has 0 bridgehead atoms. The number of carbonyl (C=O) groups excluding carboxylic acids is 2. The van der Waals surface area contributed by atoms with Gasteiger partial charge in [0, 0.05) is 26.2 Å². The van der Waals surface area contributed by atoms with Crippen LogP contribution in [0.15, 0.2) is 0 Å². The van der Waals surface area contributed by atoms with Crippen LogP contribution in [0.3, 0.4) is 0 Å². The molecule has 1 atom stereocenters. The maximum absolute atomic E-state index is 13.9. The summed E-state index contributed by atoms with van der Waals surface area (Å²) in [5.74, 6) is 0.662. The number of nitrogens with zero attached hydrogens (tertiary/aromatic N) is 4. The summed E-state index contributed by atoms with van der Waals surface area (Å²) in [6.45, 7) is 22.1. The minimum Gasteiger partial charge on any atom is -0.465 e. The van der Waals surface area contributed by atoms with Gasteiger partial charge in [-0.3, -0.25) is 19.4 Å². The van der Waals surface area contributed by atoms with E-state index in [0.717, 1.165) is 58.7 Å². The van der Waals surface area contributed by atoms with Gasteiger partial charge in [0.25, 0.3) is 0 Å². The largest absolute Gasteiger partial charge is 0.465 e. The number of ether oxygens (including phenoxy) is 1. The van der Waals surface area contributed by atoms with E-state index in [1.54, 1.807) is 0 Å². The zero-order chi connectivity index (χ0) is 46.4. The maximum atomic E-state index is 13.9. The molecule has 0 spiro atoms. The van der Waals surface area contributed by atoms with Crippen LogP contribution in [0.4, 0.5) is 0 Å². The van der Waals surface area contributed by atoms with Crippen LogP contribution in [0.2, 0.25) is 0 Å². The minimum absolute atomic E-state index is 0.0641. The highest BCUT2D eigenvalue weighted by molar-refractivity contribution is 5.78. The summed E-state index contributed by atoms with van der Waals surface area (Å²) in [7, 11) is 0. The van der Waals surface area contributed by atoms with Crippen LogP contribution in [-0.2, 0) is 14.3 Å². The summed E-state index contributed by atoms with van der Waals surface area (Å²) in [4.78, 5) is 36.8. The smallest absolute Gasteiger partial charge is 0.320 e. The van der Waals surface area contributed by atoms with Gasteiger partial charge in [0.05, 0.1) is 19.7 Å². The Bertz CT molecular complexity index is 960. The second-order valence-electron chi connectivity index (χ2n) is 20.5. The first-order chi connectivity index (χ1) is 31.5. The van der Waals surface area contributed by atoms with Gasteiger partial charge in [-0.1, -0.05) is 227 Å². The summed E-state index contributed by atoms with van der Waals surface area (Å²) in [5.41, 5.74) is 0. The Morgan fingerprint density at radius 2 is 0.719 bits per heavy atom. The molecule has 0 radical (unpaired) electrons. The molecule has 1 unspecified atom stereocenters. The summed E-state index contributed by atoms with van der Waals surface area (Å²) in [6, 6.07) is 0. The number of hydrogen-bond donors (Lipinski definition) is 0. The Kier molecular flexibility index (Phi) is 44.6. The third kappa shape index (κ3) is 37.9. The molecule has 7 nitrogen and oxygen atoms in total. The van der Waals surface area contributed by atoms with E-state index in [4.69, 9.17) is 4.74 Å². The Morgan fingerprint density at radius 3 is 1.09 bits per heavy atom. The Morgan fingerprint density at radius 1 is 0.406 bits per heavy atom. The highest BCUT2D eigenvalue weighted by atomic mass is 16.5. The van der Waals surface area contributed by atoms with E-state index < -0.39 is 0 Å². The van der Waals surface area contributed by atoms with Crippen molar-refractivity contribution < 1.29 is 14.3 Å². The highest BCUT2D eigenvalue weighted by Gasteiger charge is 2.27. The fraction of sp³-hybridized carbons (Fsp3) is 0.965. The molecule has 0 aromatic rings. The molecule has 0 aromatic heterocycles. The monoisotopic (exact) mass is 903 g/mol. The first-order valence-electron chi connectivity index (χ1n) is 29.1. The average Bonchev–Trinajstić information content (AvgIpc) is 3.77. The normalized spacial score (nSPS) is 14.2. The van der Waals surface area contributed by atoms with Crippen molar-refractivity contribution in [1.82, 2.24) is 19.6 Å². The van der Waals surface area contributed by atoms with Gasteiger partial charge in [0.15, 0.2) is 0 Å². The van der Waals surface area contributed by atoms with Crippen molar-refractivity contribution in [3.63, 3.8) is 0 Å². The van der Waals surface area contributed by atoms with Crippen molar-refractivity contribution in [3.05, 3.63) is 0 Å². The van der Waals surface area contributed by atoms with Crippen molar-refractivity contribution in [2.75, 3.05) is 78.6 Å². The van der Waals surface area contributed by atoms with E-state index in [2.05, 4.69) is 54.2 Å². The quantitative estimate of drug-likeness (QED) is 0.0448. The Balaban J connectivity index is 2.68. The van der Waals surface area contributed by atoms with Crippen LogP contribution in [0.25, 0.3) is 0 Å². The fourth-order valence-corrected chi connectivity index (χ4v) is 9.77. The summed E-state index contributed by atoms with van der Waals surface area (Å²) < 4.78 is 5.90. The van der Waals surface area contributed by atoms with Crippen LogP contribution in [0.5, 0.6) is 0 Å². The van der Waals surface area contributed by atoms with E-state index in [-0.39, 0.29) is 5.97 Å². The van der Waals surface area contributed by atoms with Crippen LogP contribution in [0.1, 0.15) is 272 Å². The third-order valence-corrected chi connectivity index (χ3v) is 14.3. The molecule has 0 saturated carbocycles. The molecule has 380 valence electrons. The van der Waals surface area contributed by atoms with Gasteiger partial charge >= 0.3 is 5.97 Å². The standard InChI is InChI=1S/C57H114N4O3/c1-6-11-16-21-26-31-36-43-58(44-37-32-27-22-17-12-7-2)49-50-60(47-40-35-30-25-20-15-10-5)53-56(62)61-48-41-55(52-61)42-51-64-57(63)54-59(45-38-33-28-23-18-13-8-3)46-39-34-29-24-19-14-9-4/h55H,6-54H2,1-5H3. The topological polar surface area (TPSA) is 56.3 Å². The van der Waals surface area contributed by atoms with Gasteiger partial charge in [-0.25, -0.2) is 0 Å². The molecule has 0 aliphatic carbocycles. The van der Waals surface area contributed by atoms with E-state index in [0.29, 0.717) is 31.5 Å². The molecule has 1 amide bonds. The molecule has 1 fully saturated rings. The van der Waals surface area contributed by atoms with Crippen molar-refractivity contribution in [2.45, 2.75) is 272 Å². The average molecular weight is 904 g/mol. The van der Waals surface area contributed by atoms with Crippen LogP contribution < -0.4 is 0 Å². The fourth-order valence-electron chi connectivity index (χ4n) is 9.77. The number of carbonyl (C=O) groups is 2. The molecule has 1 heterocycles. The molecular formula is C57H114N4O3. The molecular weight excluding hydrogens is 789 g/mol. The van der Waals surface area contributed by atoms with E-state index >= 15 is 0 Å². The summed E-state index contributed by atoms with van der Waals surface area (Å²) in [6.07, 6.45) is 48.2. The molecule has 0 N–H and O–H groups in total. The molecule has 1 saturated heterocycles. The predicted octanol–water partition coefficient (Wildman–Crippen LogP) is 15.4. The second-order valence-corrected chi connectivity index (χ2v) is 20.5. The van der Waals surface area contributed by atoms with Crippen molar-refractivity contribution in [3.8, 4) is 0 Å². The Labute approximate surface area is 401 Å². The number of likely N-dealkylation sites (tertiary alicyclic amines) is 1. The highest BCUT2D eigenvalue weighted by Crippen LogP contribution is 2.21. The molecule has 7 heteroatoms. The van der Waals surface area contributed by atoms with E-state index in [9.17, 15) is 9.59 Å². The predicted molar refractivity (Wildman–Crippen MR) is 280 cm³/mol. The number of rotatable bonds is 50. The van der Waals surface area contributed by atoms with Crippen LogP contribution in [0, 0.1) is 5.92 Å². The van der Waals surface area contributed by atoms with Gasteiger partial charge in [0.1, 0.15) is 0 Å². The molecule has 1 rings (SSSR count). The zero-order valence-corrected chi connectivity index (χ0v) is 44.2.